The Morgan fingerprint density at radius 3 is 2.81 bits per heavy atom. The minimum absolute atomic E-state index is 0.0594. The van der Waals surface area contributed by atoms with Gasteiger partial charge in [-0.1, -0.05) is 0 Å². The fourth-order valence-corrected chi connectivity index (χ4v) is 5.10. The number of rotatable bonds is 6. The lowest BCUT2D eigenvalue weighted by atomic mass is 9.94. The molecular weight excluding hydrogens is 421 g/mol. The zero-order valence-electron chi connectivity index (χ0n) is 17.8. The molecule has 2 atom stereocenters. The van der Waals surface area contributed by atoms with E-state index < -0.39 is 24.0 Å². The zero-order valence-corrected chi connectivity index (χ0v) is 17.8. The number of fused-ring (bicyclic) bond motifs is 2. The highest BCUT2D eigenvalue weighted by Gasteiger charge is 2.38. The lowest BCUT2D eigenvalue weighted by molar-refractivity contribution is -0.284. The fourth-order valence-electron chi connectivity index (χ4n) is 5.10. The predicted octanol–water partition coefficient (Wildman–Crippen LogP) is 2.28. The van der Waals surface area contributed by atoms with Gasteiger partial charge in [-0.2, -0.15) is 4.89 Å². The Bertz CT molecular complexity index is 1100. The van der Waals surface area contributed by atoms with E-state index in [1.54, 1.807) is 0 Å². The summed E-state index contributed by atoms with van der Waals surface area (Å²) in [6.45, 7) is 1.65. The largest absolute Gasteiger partial charge is 0.492 e. The highest BCUT2D eigenvalue weighted by molar-refractivity contribution is 5.97. The molecule has 1 saturated carbocycles. The first-order valence-electron chi connectivity index (χ1n) is 10.9. The monoisotopic (exact) mass is 447 g/mol. The maximum absolute atomic E-state index is 15.5. The summed E-state index contributed by atoms with van der Waals surface area (Å²) in [6, 6.07) is 1.58. The van der Waals surface area contributed by atoms with Gasteiger partial charge in [0.1, 0.15) is 11.3 Å². The number of hydrogen-bond acceptors (Lipinski definition) is 8. The lowest BCUT2D eigenvalue weighted by Crippen LogP contribution is -2.40. The van der Waals surface area contributed by atoms with Crippen molar-refractivity contribution in [3.8, 4) is 5.75 Å². The third-order valence-electron chi connectivity index (χ3n) is 6.72. The Hall–Kier alpha value is -2.69. The minimum Gasteiger partial charge on any atom is -0.492 e. The average molecular weight is 447 g/mol. The third-order valence-corrected chi connectivity index (χ3v) is 6.72. The molecule has 10 heteroatoms. The van der Waals surface area contributed by atoms with Crippen LogP contribution in [-0.2, 0) is 9.62 Å². The number of aromatic nitrogens is 1. The van der Waals surface area contributed by atoms with Gasteiger partial charge in [0.15, 0.2) is 11.6 Å². The molecule has 0 radical (unpaired) electrons. The molecule has 0 amide bonds. The second kappa shape index (κ2) is 8.34. The minimum atomic E-state index is -0.946. The molecule has 2 saturated heterocycles. The van der Waals surface area contributed by atoms with Crippen molar-refractivity contribution >= 4 is 22.6 Å². The van der Waals surface area contributed by atoms with E-state index in [0.29, 0.717) is 35.5 Å². The quantitative estimate of drug-likeness (QED) is 0.301. The van der Waals surface area contributed by atoms with Gasteiger partial charge in [-0.15, -0.1) is 0 Å². The molecule has 1 aromatic heterocycles. The van der Waals surface area contributed by atoms with Crippen molar-refractivity contribution in [1.82, 2.24) is 9.88 Å². The molecule has 3 aliphatic rings. The molecule has 2 aliphatic heterocycles. The summed E-state index contributed by atoms with van der Waals surface area (Å²) in [5.41, 5.74) is -0.0596. The average Bonchev–Trinajstić information content (AvgIpc) is 3.55. The van der Waals surface area contributed by atoms with Crippen molar-refractivity contribution in [1.29, 1.82) is 0 Å². The number of methoxy groups -OCH3 is 1. The first-order chi connectivity index (χ1) is 15.5. The van der Waals surface area contributed by atoms with E-state index in [-0.39, 0.29) is 17.0 Å². The van der Waals surface area contributed by atoms with Crippen molar-refractivity contribution in [2.24, 2.45) is 5.92 Å². The summed E-state index contributed by atoms with van der Waals surface area (Å²) in [4.78, 5) is 31.3. The van der Waals surface area contributed by atoms with E-state index in [2.05, 4.69) is 10.2 Å². The summed E-state index contributed by atoms with van der Waals surface area (Å²) in [7, 11) is 1.47. The maximum Gasteiger partial charge on any atom is 0.345 e. The van der Waals surface area contributed by atoms with E-state index in [9.17, 15) is 9.59 Å². The number of hydrogen-bond donors (Lipinski definition) is 2. The van der Waals surface area contributed by atoms with Crippen molar-refractivity contribution in [3.63, 3.8) is 0 Å². The Morgan fingerprint density at radius 1 is 1.31 bits per heavy atom. The number of benzene rings is 1. The number of nitrogens with zero attached hydrogens (tertiary/aromatic N) is 2. The number of piperidine rings is 1. The normalized spacial score (nSPS) is 22.8. The second-order valence-electron chi connectivity index (χ2n) is 8.69. The highest BCUT2D eigenvalue weighted by Crippen LogP contribution is 2.45. The number of esters is 1. The lowest BCUT2D eigenvalue weighted by Gasteiger charge is -2.25. The van der Waals surface area contributed by atoms with Crippen LogP contribution in [0.3, 0.4) is 0 Å². The number of ether oxygens (including phenoxy) is 2. The van der Waals surface area contributed by atoms with Crippen molar-refractivity contribution in [2.75, 3.05) is 38.4 Å². The van der Waals surface area contributed by atoms with Gasteiger partial charge < -0.3 is 24.3 Å². The molecule has 3 fully saturated rings. The number of pyridine rings is 1. The van der Waals surface area contributed by atoms with Gasteiger partial charge in [0.25, 0.3) is 0 Å². The molecule has 0 spiro atoms. The van der Waals surface area contributed by atoms with E-state index in [1.807, 2.05) is 9.47 Å². The molecular formula is C22H26FN3O6. The van der Waals surface area contributed by atoms with E-state index >= 15 is 4.39 Å². The van der Waals surface area contributed by atoms with Crippen LogP contribution in [0.4, 0.5) is 10.1 Å². The van der Waals surface area contributed by atoms with Crippen LogP contribution in [0.25, 0.3) is 10.9 Å². The molecule has 0 bridgehead atoms. The first-order valence-corrected chi connectivity index (χ1v) is 10.9. The van der Waals surface area contributed by atoms with Crippen LogP contribution >= 0.6 is 0 Å². The highest BCUT2D eigenvalue weighted by atomic mass is 19.1. The molecule has 5 rings (SSSR count). The maximum atomic E-state index is 15.5. The molecule has 9 nitrogen and oxygen atoms in total. The van der Waals surface area contributed by atoms with Gasteiger partial charge in [-0.3, -0.25) is 4.79 Å². The molecule has 1 aromatic carbocycles. The first kappa shape index (κ1) is 21.2. The number of carbonyl (C=O) groups is 1. The van der Waals surface area contributed by atoms with E-state index in [1.165, 1.54) is 19.4 Å². The van der Waals surface area contributed by atoms with Gasteiger partial charge in [-0.05, 0) is 44.2 Å². The molecule has 2 unspecified atom stereocenters. The Kier molecular flexibility index (Phi) is 5.52. The van der Waals surface area contributed by atoms with Crippen molar-refractivity contribution in [2.45, 2.75) is 37.8 Å². The van der Waals surface area contributed by atoms with Gasteiger partial charge in [-0.25, -0.2) is 14.4 Å². The van der Waals surface area contributed by atoms with E-state index in [4.69, 9.17) is 14.7 Å². The SMILES string of the molecule is COc1c(N2CC3CCCNC3C2)c(F)cc2c(=O)c(C(=O)OCOO)cn(C3CC3)c12. The summed E-state index contributed by atoms with van der Waals surface area (Å²) in [5.74, 6) is -0.753. The van der Waals surface area contributed by atoms with Crippen LogP contribution in [0.2, 0.25) is 0 Å². The second-order valence-corrected chi connectivity index (χ2v) is 8.69. The van der Waals surface area contributed by atoms with Crippen LogP contribution in [0, 0.1) is 11.7 Å². The Labute approximate surface area is 183 Å². The number of halogens is 1. The zero-order chi connectivity index (χ0) is 22.4. The molecule has 2 N–H and O–H groups in total. The van der Waals surface area contributed by atoms with Gasteiger partial charge in [0, 0.05) is 31.4 Å². The smallest absolute Gasteiger partial charge is 0.345 e. The summed E-state index contributed by atoms with van der Waals surface area (Å²) >= 11 is 0. The number of anilines is 1. The van der Waals surface area contributed by atoms with Crippen molar-refractivity contribution in [3.05, 3.63) is 33.9 Å². The number of carbonyl (C=O) groups excluding carboxylic acids is 1. The topological polar surface area (TPSA) is 102 Å². The molecule has 1 aliphatic carbocycles. The predicted molar refractivity (Wildman–Crippen MR) is 114 cm³/mol. The molecule has 32 heavy (non-hydrogen) atoms. The summed E-state index contributed by atoms with van der Waals surface area (Å²) < 4.78 is 27.8. The van der Waals surface area contributed by atoms with Crippen LogP contribution in [0.1, 0.15) is 42.1 Å². The van der Waals surface area contributed by atoms with E-state index in [0.717, 1.165) is 38.8 Å². The Morgan fingerprint density at radius 2 is 2.12 bits per heavy atom. The van der Waals surface area contributed by atoms with Crippen molar-refractivity contribution < 1.29 is 28.8 Å². The molecule has 172 valence electrons. The van der Waals surface area contributed by atoms with Gasteiger partial charge in [0.05, 0.1) is 18.0 Å². The summed E-state index contributed by atoms with van der Waals surface area (Å²) in [5, 5.41) is 12.0. The number of nitrogens with one attached hydrogen (secondary N) is 1. The molecule has 3 heterocycles. The van der Waals surface area contributed by atoms with Crippen LogP contribution < -0.4 is 20.4 Å². The molecule has 2 aromatic rings. The Balaban J connectivity index is 1.66. The van der Waals surface area contributed by atoms with Crippen LogP contribution in [0.5, 0.6) is 5.75 Å². The van der Waals surface area contributed by atoms with Crippen LogP contribution in [0.15, 0.2) is 17.1 Å². The van der Waals surface area contributed by atoms with Gasteiger partial charge >= 0.3 is 5.97 Å². The fraction of sp³-hybridized carbons (Fsp3) is 0.545. The van der Waals surface area contributed by atoms with Gasteiger partial charge in [0.2, 0.25) is 12.2 Å². The summed E-state index contributed by atoms with van der Waals surface area (Å²) in [6.07, 6.45) is 5.40. The standard InChI is InChI=1S/C22H26FN3O6/c1-30-21-18-14(7-16(23)19(21)25-8-12-3-2-6-24-17(12)10-25)20(27)15(22(28)31-11-32-29)9-26(18)13-4-5-13/h7,9,12-13,17,24,29H,2-6,8,10-11H2,1H3. The third kappa shape index (κ3) is 3.52. The van der Waals surface area contributed by atoms with Crippen LogP contribution in [-0.4, -0.2) is 55.4 Å².